The van der Waals surface area contributed by atoms with Gasteiger partial charge in [0.1, 0.15) is 0 Å². The molecule has 0 aliphatic carbocycles. The van der Waals surface area contributed by atoms with Gasteiger partial charge in [-0.15, -0.1) is 0 Å². The molecule has 0 heterocycles. The van der Waals surface area contributed by atoms with Crippen LogP contribution in [0.2, 0.25) is 0 Å². The van der Waals surface area contributed by atoms with E-state index in [0.717, 1.165) is 0 Å². The van der Waals surface area contributed by atoms with Gasteiger partial charge in [-0.2, -0.15) is 0 Å². The highest BCUT2D eigenvalue weighted by Crippen LogP contribution is 1.95. The monoisotopic (exact) mass is 246 g/mol. The van der Waals surface area contributed by atoms with Crippen LogP contribution in [0.3, 0.4) is 0 Å². The smallest absolute Gasteiger partial charge is 0.406 e. The number of aliphatic carboxylic acids is 1. The third kappa shape index (κ3) is 20.1. The highest BCUT2D eigenvalue weighted by molar-refractivity contribution is 5.85. The van der Waals surface area contributed by atoms with Crippen molar-refractivity contribution in [3.63, 3.8) is 0 Å². The number of amides is 2. The van der Waals surface area contributed by atoms with Crippen LogP contribution in [0, 0.1) is 0 Å². The number of primary amides is 1. The quantitative estimate of drug-likeness (QED) is 0.474. The summed E-state index contributed by atoms with van der Waals surface area (Å²) in [6, 6.07) is 0. The number of carbonyl (C=O) groups excluding carboxylic acids is 2. The summed E-state index contributed by atoms with van der Waals surface area (Å²) in [6.45, 7) is 0. The van der Waals surface area contributed by atoms with Gasteiger partial charge in [0, 0.05) is 13.5 Å². The first-order valence-electron chi connectivity index (χ1n) is 4.87. The third-order valence-electron chi connectivity index (χ3n) is 1.43. The summed E-state index contributed by atoms with van der Waals surface area (Å²) in [5.74, 6) is -1.32. The number of nitrogens with two attached hydrogens (primary N) is 1. The van der Waals surface area contributed by atoms with Crippen LogP contribution in [0.25, 0.3) is 0 Å². The summed E-state index contributed by atoms with van der Waals surface area (Å²) >= 11 is 0. The fraction of sp³-hybridized carbons (Fsp3) is 0.500. The first-order valence-corrected chi connectivity index (χ1v) is 4.87. The Morgan fingerprint density at radius 3 is 2.29 bits per heavy atom. The molecule has 4 N–H and O–H groups in total. The highest BCUT2D eigenvalue weighted by Gasteiger charge is 1.93. The van der Waals surface area contributed by atoms with Crippen molar-refractivity contribution in [1.29, 1.82) is 0 Å². The van der Waals surface area contributed by atoms with Crippen LogP contribution < -0.4 is 11.1 Å². The van der Waals surface area contributed by atoms with Gasteiger partial charge < -0.3 is 20.9 Å². The van der Waals surface area contributed by atoms with Crippen LogP contribution >= 0.6 is 0 Å². The molecule has 0 fully saturated rings. The number of hydrogen-bond donors (Lipinski definition) is 3. The molecule has 7 nitrogen and oxygen atoms in total. The summed E-state index contributed by atoms with van der Waals surface area (Å²) in [5, 5.41) is 10.5. The van der Waals surface area contributed by atoms with Crippen molar-refractivity contribution in [2.45, 2.75) is 19.3 Å². The Hall–Kier alpha value is -2.05. The summed E-state index contributed by atoms with van der Waals surface area (Å²) in [6.07, 6.45) is 3.65. The Labute approximate surface area is 99.6 Å². The summed E-state index contributed by atoms with van der Waals surface area (Å²) in [5.41, 5.74) is 4.79. The maximum absolute atomic E-state index is 10.1. The molecule has 17 heavy (non-hydrogen) atoms. The standard InChI is InChI=1S/C7H11NO3.C3H7NO2/c8-6(9)4-2-1-3-5-7(10)11;1-4-3(5)6-2/h2,4H,1,3,5H2,(H2,8,9)(H,10,11);1-2H3,(H,4,5)/b4-2+;. The van der Waals surface area contributed by atoms with Crippen LogP contribution in [0.5, 0.6) is 0 Å². The van der Waals surface area contributed by atoms with E-state index in [-0.39, 0.29) is 6.42 Å². The van der Waals surface area contributed by atoms with Gasteiger partial charge in [0.05, 0.1) is 7.11 Å². The second kappa shape index (κ2) is 12.0. The Balaban J connectivity index is 0. The van der Waals surface area contributed by atoms with Gasteiger partial charge in [-0.3, -0.25) is 9.59 Å². The van der Waals surface area contributed by atoms with Gasteiger partial charge in [0.2, 0.25) is 5.91 Å². The lowest BCUT2D eigenvalue weighted by Crippen LogP contribution is -2.16. The molecule has 0 aromatic rings. The SMILES string of the molecule is CNC(=O)OC.NC(=O)/C=C/CCCC(=O)O. The van der Waals surface area contributed by atoms with Gasteiger partial charge >= 0.3 is 12.1 Å². The molecule has 0 aromatic carbocycles. The topological polar surface area (TPSA) is 119 Å². The molecular weight excluding hydrogens is 228 g/mol. The molecule has 7 heteroatoms. The van der Waals surface area contributed by atoms with E-state index in [1.807, 2.05) is 0 Å². The Kier molecular flexibility index (Phi) is 12.3. The second-order valence-corrected chi connectivity index (χ2v) is 2.83. The minimum absolute atomic E-state index is 0.128. The maximum Gasteiger partial charge on any atom is 0.406 e. The fourth-order valence-corrected chi connectivity index (χ4v) is 0.673. The van der Waals surface area contributed by atoms with E-state index < -0.39 is 18.0 Å². The molecule has 0 unspecified atom stereocenters. The third-order valence-corrected chi connectivity index (χ3v) is 1.43. The van der Waals surface area contributed by atoms with Gasteiger partial charge in [-0.25, -0.2) is 4.79 Å². The number of methoxy groups -OCH3 is 1. The van der Waals surface area contributed by atoms with Gasteiger partial charge in [-0.1, -0.05) is 6.08 Å². The maximum atomic E-state index is 10.1. The van der Waals surface area contributed by atoms with E-state index in [4.69, 9.17) is 10.8 Å². The highest BCUT2D eigenvalue weighted by atomic mass is 16.5. The number of allylic oxidation sites excluding steroid dienone is 1. The normalized spacial score (nSPS) is 9.06. The first-order chi connectivity index (χ1) is 7.93. The minimum atomic E-state index is -0.822. The molecule has 0 saturated heterocycles. The zero-order chi connectivity index (χ0) is 13.7. The lowest BCUT2D eigenvalue weighted by molar-refractivity contribution is -0.137. The molecule has 0 aliphatic heterocycles. The van der Waals surface area contributed by atoms with Crippen LogP contribution in [-0.2, 0) is 14.3 Å². The molecule has 0 radical (unpaired) electrons. The van der Waals surface area contributed by atoms with E-state index >= 15 is 0 Å². The van der Waals surface area contributed by atoms with E-state index in [0.29, 0.717) is 12.8 Å². The number of alkyl carbamates (subject to hydrolysis) is 1. The lowest BCUT2D eigenvalue weighted by atomic mass is 10.2. The van der Waals surface area contributed by atoms with E-state index in [1.54, 1.807) is 6.08 Å². The van der Waals surface area contributed by atoms with Crippen LogP contribution in [0.1, 0.15) is 19.3 Å². The van der Waals surface area contributed by atoms with Crippen molar-refractivity contribution in [2.24, 2.45) is 5.73 Å². The second-order valence-electron chi connectivity index (χ2n) is 2.83. The van der Waals surface area contributed by atoms with Crippen molar-refractivity contribution < 1.29 is 24.2 Å². The number of unbranched alkanes of at least 4 members (excludes halogenated alkanes) is 1. The van der Waals surface area contributed by atoms with Crippen molar-refractivity contribution in [3.05, 3.63) is 12.2 Å². The molecule has 0 saturated carbocycles. The number of carboxylic acid groups (broad SMARTS) is 1. The largest absolute Gasteiger partial charge is 0.481 e. The van der Waals surface area contributed by atoms with E-state index in [1.165, 1.54) is 20.2 Å². The number of ether oxygens (including phenoxy) is 1. The molecule has 0 atom stereocenters. The number of nitrogens with one attached hydrogen (secondary N) is 1. The molecule has 0 aliphatic rings. The average molecular weight is 246 g/mol. The molecular formula is C10H18N2O5. The molecule has 98 valence electrons. The predicted molar refractivity (Wildman–Crippen MR) is 61.3 cm³/mol. The minimum Gasteiger partial charge on any atom is -0.481 e. The van der Waals surface area contributed by atoms with Crippen LogP contribution in [0.4, 0.5) is 4.79 Å². The molecule has 0 bridgehead atoms. The summed E-state index contributed by atoms with van der Waals surface area (Å²) in [7, 11) is 2.82. The van der Waals surface area contributed by atoms with Crippen LogP contribution in [-0.4, -0.2) is 37.2 Å². The number of hydrogen-bond acceptors (Lipinski definition) is 4. The van der Waals surface area contributed by atoms with Crippen molar-refractivity contribution in [2.75, 3.05) is 14.2 Å². The number of carboxylic acids is 1. The molecule has 0 aromatic heterocycles. The molecule has 0 spiro atoms. The Bertz CT molecular complexity index is 270. The van der Waals surface area contributed by atoms with Crippen molar-refractivity contribution in [1.82, 2.24) is 5.32 Å². The van der Waals surface area contributed by atoms with Gasteiger partial charge in [0.15, 0.2) is 0 Å². The van der Waals surface area contributed by atoms with E-state index in [9.17, 15) is 14.4 Å². The van der Waals surface area contributed by atoms with Crippen molar-refractivity contribution in [3.8, 4) is 0 Å². The van der Waals surface area contributed by atoms with Crippen LogP contribution in [0.15, 0.2) is 12.2 Å². The fourth-order valence-electron chi connectivity index (χ4n) is 0.673. The summed E-state index contributed by atoms with van der Waals surface area (Å²) < 4.78 is 4.15. The Morgan fingerprint density at radius 1 is 1.41 bits per heavy atom. The average Bonchev–Trinajstić information content (AvgIpc) is 2.27. The molecule has 2 amide bonds. The number of rotatable bonds is 5. The zero-order valence-electron chi connectivity index (χ0n) is 9.93. The Morgan fingerprint density at radius 2 is 2.00 bits per heavy atom. The first kappa shape index (κ1) is 17.3. The van der Waals surface area contributed by atoms with Gasteiger partial charge in [-0.05, 0) is 18.9 Å². The number of carbonyl (C=O) groups is 3. The van der Waals surface area contributed by atoms with E-state index in [2.05, 4.69) is 10.1 Å². The van der Waals surface area contributed by atoms with Gasteiger partial charge in [0.25, 0.3) is 0 Å². The zero-order valence-corrected chi connectivity index (χ0v) is 9.93. The molecule has 0 rings (SSSR count). The summed E-state index contributed by atoms with van der Waals surface area (Å²) in [4.78, 5) is 29.9. The van der Waals surface area contributed by atoms with Crippen molar-refractivity contribution >= 4 is 18.0 Å². The lowest BCUT2D eigenvalue weighted by Gasteiger charge is -1.90. The predicted octanol–water partition coefficient (Wildman–Crippen LogP) is 0.255.